The van der Waals surface area contributed by atoms with Crippen molar-refractivity contribution in [2.24, 2.45) is 0 Å². The van der Waals surface area contributed by atoms with Gasteiger partial charge in [-0.15, -0.1) is 0 Å². The lowest BCUT2D eigenvalue weighted by atomic mass is 10.1. The number of hydrogen-bond donors (Lipinski definition) is 3. The summed E-state index contributed by atoms with van der Waals surface area (Å²) in [6.45, 7) is 3.68. The second-order valence-electron chi connectivity index (χ2n) is 5.02. The Morgan fingerprint density at radius 1 is 1.35 bits per heavy atom. The van der Waals surface area contributed by atoms with Crippen LogP contribution in [0.5, 0.6) is 0 Å². The predicted octanol–water partition coefficient (Wildman–Crippen LogP) is 1.19. The molecule has 0 bridgehead atoms. The van der Waals surface area contributed by atoms with Crippen LogP contribution >= 0.6 is 0 Å². The maximum absolute atomic E-state index is 12.3. The summed E-state index contributed by atoms with van der Waals surface area (Å²) in [5, 5.41) is 30.2. The number of nitriles is 1. The van der Waals surface area contributed by atoms with E-state index in [-0.39, 0.29) is 31.9 Å². The number of rotatable bonds is 8. The third kappa shape index (κ3) is 5.09. The number of aliphatic hydroxyl groups is 2. The summed E-state index contributed by atoms with van der Waals surface area (Å²) in [5.41, 5.74) is 2.92. The van der Waals surface area contributed by atoms with Crippen LogP contribution in [0.25, 0.3) is 0 Å². The van der Waals surface area contributed by atoms with E-state index in [1.807, 2.05) is 38.1 Å². The first-order valence-corrected chi connectivity index (χ1v) is 7.55. The molecule has 0 unspecified atom stereocenters. The van der Waals surface area contributed by atoms with Crippen molar-refractivity contribution in [1.82, 2.24) is 4.90 Å². The summed E-state index contributed by atoms with van der Waals surface area (Å²) in [5.74, 6) is -0.519. The Bertz CT molecular complexity index is 600. The molecule has 1 aromatic rings. The Hall–Kier alpha value is -2.36. The van der Waals surface area contributed by atoms with Crippen LogP contribution < -0.4 is 5.32 Å². The highest BCUT2D eigenvalue weighted by atomic mass is 16.3. The molecule has 0 atom stereocenters. The number of benzene rings is 1. The third-order valence-electron chi connectivity index (χ3n) is 3.48. The number of hydrogen-bond acceptors (Lipinski definition) is 5. The molecule has 0 aromatic heterocycles. The summed E-state index contributed by atoms with van der Waals surface area (Å²) >= 11 is 0. The van der Waals surface area contributed by atoms with Gasteiger partial charge in [0.1, 0.15) is 11.6 Å². The number of nitrogens with zero attached hydrogens (tertiary/aromatic N) is 2. The van der Waals surface area contributed by atoms with Gasteiger partial charge >= 0.3 is 0 Å². The lowest BCUT2D eigenvalue weighted by Gasteiger charge is -2.20. The Balaban J connectivity index is 3.00. The monoisotopic (exact) mass is 317 g/mol. The van der Waals surface area contributed by atoms with E-state index in [2.05, 4.69) is 5.32 Å². The van der Waals surface area contributed by atoms with E-state index in [9.17, 15) is 10.1 Å². The number of anilines is 1. The molecule has 23 heavy (non-hydrogen) atoms. The van der Waals surface area contributed by atoms with Crippen LogP contribution in [0.4, 0.5) is 5.69 Å². The molecule has 0 fully saturated rings. The third-order valence-corrected chi connectivity index (χ3v) is 3.48. The van der Waals surface area contributed by atoms with E-state index < -0.39 is 5.91 Å². The van der Waals surface area contributed by atoms with Gasteiger partial charge in [-0.3, -0.25) is 4.79 Å². The Labute approximate surface area is 136 Å². The van der Waals surface area contributed by atoms with Gasteiger partial charge in [-0.1, -0.05) is 25.1 Å². The van der Waals surface area contributed by atoms with Crippen molar-refractivity contribution in [1.29, 1.82) is 5.26 Å². The van der Waals surface area contributed by atoms with Crippen molar-refractivity contribution in [3.05, 3.63) is 41.1 Å². The molecule has 0 saturated carbocycles. The minimum atomic E-state index is -0.519. The van der Waals surface area contributed by atoms with E-state index in [4.69, 9.17) is 10.2 Å². The van der Waals surface area contributed by atoms with E-state index in [1.165, 1.54) is 11.1 Å². The maximum Gasteiger partial charge on any atom is 0.266 e. The van der Waals surface area contributed by atoms with Crippen LogP contribution in [0.15, 0.2) is 30.0 Å². The molecule has 0 heterocycles. The van der Waals surface area contributed by atoms with E-state index in [0.29, 0.717) is 0 Å². The molecule has 1 aromatic carbocycles. The molecule has 0 radical (unpaired) electrons. The van der Waals surface area contributed by atoms with Crippen LogP contribution in [-0.4, -0.2) is 47.3 Å². The summed E-state index contributed by atoms with van der Waals surface area (Å²) in [6, 6.07) is 7.77. The average molecular weight is 317 g/mol. The molecule has 0 spiro atoms. The van der Waals surface area contributed by atoms with Gasteiger partial charge in [-0.05, 0) is 24.5 Å². The minimum absolute atomic E-state index is 0.0720. The molecule has 0 aliphatic carbocycles. The highest BCUT2D eigenvalue weighted by Crippen LogP contribution is 2.21. The van der Waals surface area contributed by atoms with E-state index >= 15 is 0 Å². The fourth-order valence-corrected chi connectivity index (χ4v) is 2.24. The van der Waals surface area contributed by atoms with Crippen LogP contribution in [0.1, 0.15) is 18.1 Å². The molecule has 0 aliphatic heterocycles. The highest BCUT2D eigenvalue weighted by molar-refractivity contribution is 5.97. The van der Waals surface area contributed by atoms with Crippen molar-refractivity contribution in [2.75, 3.05) is 31.6 Å². The second kappa shape index (κ2) is 9.62. The fourth-order valence-electron chi connectivity index (χ4n) is 2.24. The molecule has 1 amide bonds. The second-order valence-corrected chi connectivity index (χ2v) is 5.02. The quantitative estimate of drug-likeness (QED) is 0.494. The summed E-state index contributed by atoms with van der Waals surface area (Å²) in [4.78, 5) is 13.5. The maximum atomic E-state index is 12.3. The van der Waals surface area contributed by atoms with Gasteiger partial charge in [0.05, 0.1) is 13.2 Å². The predicted molar refractivity (Wildman–Crippen MR) is 88.6 cm³/mol. The van der Waals surface area contributed by atoms with Crippen molar-refractivity contribution >= 4 is 11.6 Å². The number of aryl methyl sites for hydroxylation is 2. The molecule has 3 N–H and O–H groups in total. The van der Waals surface area contributed by atoms with E-state index in [1.54, 1.807) is 0 Å². The van der Waals surface area contributed by atoms with Crippen molar-refractivity contribution in [3.8, 4) is 6.07 Å². The molecule has 124 valence electrons. The molecule has 1 rings (SSSR count). The topological polar surface area (TPSA) is 96.6 Å². The first-order valence-electron chi connectivity index (χ1n) is 7.55. The van der Waals surface area contributed by atoms with Crippen LogP contribution in [0, 0.1) is 18.3 Å². The lowest BCUT2D eigenvalue weighted by molar-refractivity contribution is -0.127. The molecular formula is C17H23N3O3. The van der Waals surface area contributed by atoms with Gasteiger partial charge in [0.15, 0.2) is 0 Å². The molecular weight excluding hydrogens is 294 g/mol. The number of nitrogens with one attached hydrogen (secondary N) is 1. The molecule has 0 saturated heterocycles. The van der Waals surface area contributed by atoms with Crippen LogP contribution in [0.3, 0.4) is 0 Å². The molecule has 6 heteroatoms. The van der Waals surface area contributed by atoms with Crippen LogP contribution in [-0.2, 0) is 11.2 Å². The zero-order valence-electron chi connectivity index (χ0n) is 13.5. The number of carbonyl (C=O) groups is 1. The summed E-state index contributed by atoms with van der Waals surface area (Å²) in [6.07, 6.45) is 2.21. The van der Waals surface area contributed by atoms with Gasteiger partial charge in [0.25, 0.3) is 5.91 Å². The Morgan fingerprint density at radius 2 is 2.00 bits per heavy atom. The highest BCUT2D eigenvalue weighted by Gasteiger charge is 2.17. The van der Waals surface area contributed by atoms with Gasteiger partial charge in [0, 0.05) is 25.0 Å². The Morgan fingerprint density at radius 3 is 2.52 bits per heavy atom. The van der Waals surface area contributed by atoms with Crippen molar-refractivity contribution < 1.29 is 15.0 Å². The van der Waals surface area contributed by atoms with Gasteiger partial charge < -0.3 is 20.4 Å². The number of para-hydroxylation sites is 1. The first kappa shape index (κ1) is 18.7. The van der Waals surface area contributed by atoms with Crippen LogP contribution in [0.2, 0.25) is 0 Å². The van der Waals surface area contributed by atoms with Gasteiger partial charge in [-0.2, -0.15) is 5.26 Å². The molecule has 0 aliphatic rings. The molecule has 6 nitrogen and oxygen atoms in total. The average Bonchev–Trinajstić information content (AvgIpc) is 2.56. The van der Waals surface area contributed by atoms with Crippen molar-refractivity contribution in [2.45, 2.75) is 20.3 Å². The standard InChI is InChI=1S/C17H23N3O3/c1-3-14-6-4-5-13(2)16(14)19-12-15(11-18)17(23)20(7-9-21)8-10-22/h4-6,12,19,21-22H,3,7-10H2,1-2H3/b15-12-. The lowest BCUT2D eigenvalue weighted by Crippen LogP contribution is -2.36. The summed E-state index contributed by atoms with van der Waals surface area (Å²) < 4.78 is 0. The number of aliphatic hydroxyl groups excluding tert-OH is 2. The van der Waals surface area contributed by atoms with E-state index in [0.717, 1.165) is 23.2 Å². The Kier molecular flexibility index (Phi) is 7.81. The smallest absolute Gasteiger partial charge is 0.266 e. The fraction of sp³-hybridized carbons (Fsp3) is 0.412. The number of amides is 1. The zero-order chi connectivity index (χ0) is 17.2. The number of carbonyl (C=O) groups excluding carboxylic acids is 1. The normalized spacial score (nSPS) is 11.0. The SMILES string of the molecule is CCc1cccc(C)c1N/C=C(/C#N)C(=O)N(CCO)CCO. The van der Waals surface area contributed by atoms with Gasteiger partial charge in [0.2, 0.25) is 0 Å². The summed E-state index contributed by atoms with van der Waals surface area (Å²) in [7, 11) is 0. The van der Waals surface area contributed by atoms with Gasteiger partial charge in [-0.25, -0.2) is 0 Å². The minimum Gasteiger partial charge on any atom is -0.395 e. The first-order chi connectivity index (χ1) is 11.1. The largest absolute Gasteiger partial charge is 0.395 e. The zero-order valence-corrected chi connectivity index (χ0v) is 13.5. The van der Waals surface area contributed by atoms with Crippen molar-refractivity contribution in [3.63, 3.8) is 0 Å².